The Morgan fingerprint density at radius 3 is 1.06 bits per heavy atom. The van der Waals surface area contributed by atoms with Crippen molar-refractivity contribution < 1.29 is 38.1 Å². The molecule has 0 spiro atoms. The first-order valence-electron chi connectivity index (χ1n) is 30.7. The van der Waals surface area contributed by atoms with Gasteiger partial charge >= 0.3 is 23.9 Å². The highest BCUT2D eigenvalue weighted by atomic mass is 16.5. The molecule has 0 amide bonds. The van der Waals surface area contributed by atoms with Crippen molar-refractivity contribution in [3.63, 3.8) is 0 Å². The molecule has 0 radical (unpaired) electrons. The maximum Gasteiger partial charge on any atom is 0.311 e. The minimum absolute atomic E-state index is 0.00951. The Morgan fingerprint density at radius 2 is 0.694 bits per heavy atom. The van der Waals surface area contributed by atoms with Crippen molar-refractivity contribution in [2.75, 3.05) is 26.4 Å². The van der Waals surface area contributed by atoms with Gasteiger partial charge in [0.05, 0.1) is 48.1 Å². The summed E-state index contributed by atoms with van der Waals surface area (Å²) in [5.74, 6) is 7.37. The SMILES string of the molecule is CCC(C)(C)C(=O)OCC1CCCCC1.CCC(C)(C)C(=O)OCCC12CC3CC(CC(C3)C1)C2.CCC(C)(C)C(=O)OCCC1CCCCC1.CCC(C)(C)C(=O)OCCCC12CC3CC(CC(C3)C1)C2. The summed E-state index contributed by atoms with van der Waals surface area (Å²) in [5, 5.41) is 0. The van der Waals surface area contributed by atoms with Crippen LogP contribution in [0.15, 0.2) is 0 Å². The fourth-order valence-corrected chi connectivity index (χ4v) is 14.9. The van der Waals surface area contributed by atoms with E-state index in [4.69, 9.17) is 18.9 Å². The predicted molar refractivity (Wildman–Crippen MR) is 293 cm³/mol. The number of carbonyl (C=O) groups excluding carboxylic acids is 4. The van der Waals surface area contributed by atoms with Crippen molar-refractivity contribution in [2.24, 2.45) is 79.8 Å². The van der Waals surface area contributed by atoms with Gasteiger partial charge in [0.2, 0.25) is 0 Å². The highest BCUT2D eigenvalue weighted by Crippen LogP contribution is 2.62. The summed E-state index contributed by atoms with van der Waals surface area (Å²) in [4.78, 5) is 47.5. The van der Waals surface area contributed by atoms with Gasteiger partial charge in [-0.2, -0.15) is 0 Å². The Kier molecular flexibility index (Phi) is 23.0. The van der Waals surface area contributed by atoms with Gasteiger partial charge in [-0.15, -0.1) is 0 Å². The van der Waals surface area contributed by atoms with E-state index in [0.29, 0.717) is 43.2 Å². The number of rotatable bonds is 20. The quantitative estimate of drug-likeness (QED) is 0.0675. The van der Waals surface area contributed by atoms with Crippen molar-refractivity contribution in [1.82, 2.24) is 0 Å². The van der Waals surface area contributed by atoms with E-state index < -0.39 is 0 Å². The molecule has 8 nitrogen and oxygen atoms in total. The molecular weight excluding hydrogens is 897 g/mol. The molecule has 0 aromatic heterocycles. The standard InChI is InChI=1S/C19H32O2.C18H30O2.C14H26O2.C13H24O2/c1-4-18(2,3)17(20)21-7-5-6-19-11-14-8-15(12-19)10-16(9-14)13-19;1-4-17(2,3)16(19)20-6-5-18-10-13-7-14(11-18)9-15(8-13)12-18;1-4-14(2,3)13(15)16-11-10-12-8-6-5-7-9-12;1-4-13(2,3)12(14)15-10-11-8-6-5-7-9-11/h14-16H,4-13H2,1-3H3;13-15H,4-12H2,1-3H3;12H,4-11H2,1-3H3;11H,4-10H2,1-3H3. The van der Waals surface area contributed by atoms with E-state index >= 15 is 0 Å². The molecule has 8 bridgehead atoms. The molecule has 0 atom stereocenters. The lowest BCUT2D eigenvalue weighted by atomic mass is 9.48. The Morgan fingerprint density at radius 1 is 0.389 bits per heavy atom. The second-order valence-corrected chi connectivity index (χ2v) is 28.4. The molecule has 416 valence electrons. The second kappa shape index (κ2) is 27.3. The number of hydrogen-bond acceptors (Lipinski definition) is 8. The maximum atomic E-state index is 12.1. The summed E-state index contributed by atoms with van der Waals surface area (Å²) in [6.45, 7) is 26.5. The average molecular weight is 1010 g/mol. The van der Waals surface area contributed by atoms with Gasteiger partial charge in [0, 0.05) is 0 Å². The highest BCUT2D eigenvalue weighted by molar-refractivity contribution is 5.77. The van der Waals surface area contributed by atoms with Crippen LogP contribution >= 0.6 is 0 Å². The lowest BCUT2D eigenvalue weighted by molar-refractivity contribution is -0.157. The smallest absolute Gasteiger partial charge is 0.311 e. The normalized spacial score (nSPS) is 29.9. The van der Waals surface area contributed by atoms with Gasteiger partial charge in [0.1, 0.15) is 0 Å². The van der Waals surface area contributed by atoms with E-state index in [-0.39, 0.29) is 45.5 Å². The van der Waals surface area contributed by atoms with Crippen LogP contribution in [0.5, 0.6) is 0 Å². The van der Waals surface area contributed by atoms with E-state index in [0.717, 1.165) is 86.4 Å². The fraction of sp³-hybridized carbons (Fsp3) is 0.938. The fourth-order valence-electron chi connectivity index (χ4n) is 14.9. The van der Waals surface area contributed by atoms with Crippen molar-refractivity contribution in [1.29, 1.82) is 0 Å². The molecule has 10 rings (SSSR count). The molecule has 10 saturated carbocycles. The summed E-state index contributed by atoms with van der Waals surface area (Å²) < 4.78 is 21.9. The first kappa shape index (κ1) is 60.7. The van der Waals surface area contributed by atoms with Crippen molar-refractivity contribution in [3.8, 4) is 0 Å². The summed E-state index contributed by atoms with van der Waals surface area (Å²) in [6.07, 6.45) is 38.7. The van der Waals surface area contributed by atoms with Gasteiger partial charge in [-0.1, -0.05) is 79.1 Å². The molecule has 10 aliphatic carbocycles. The molecule has 8 heteroatoms. The first-order valence-corrected chi connectivity index (χ1v) is 30.7. The van der Waals surface area contributed by atoms with Crippen LogP contribution in [0, 0.1) is 79.8 Å². The largest absolute Gasteiger partial charge is 0.465 e. The van der Waals surface area contributed by atoms with Gasteiger partial charge in [-0.05, 0) is 255 Å². The van der Waals surface area contributed by atoms with Crippen LogP contribution in [0.1, 0.15) is 276 Å². The van der Waals surface area contributed by atoms with Gasteiger partial charge in [-0.3, -0.25) is 19.2 Å². The zero-order valence-corrected chi connectivity index (χ0v) is 48.9. The molecule has 10 aliphatic rings. The number of carbonyl (C=O) groups is 4. The van der Waals surface area contributed by atoms with Crippen molar-refractivity contribution in [3.05, 3.63) is 0 Å². The predicted octanol–water partition coefficient (Wildman–Crippen LogP) is 17.0. The van der Waals surface area contributed by atoms with Crippen LogP contribution in [-0.4, -0.2) is 50.3 Å². The van der Waals surface area contributed by atoms with E-state index in [1.807, 2.05) is 69.2 Å². The van der Waals surface area contributed by atoms with Crippen LogP contribution in [-0.2, 0) is 38.1 Å². The lowest BCUT2D eigenvalue weighted by Crippen LogP contribution is -2.46. The molecular formula is C64H112O8. The van der Waals surface area contributed by atoms with Crippen molar-refractivity contribution >= 4 is 23.9 Å². The molecule has 0 unspecified atom stereocenters. The van der Waals surface area contributed by atoms with Gasteiger partial charge < -0.3 is 18.9 Å². The Balaban J connectivity index is 0.000000180. The molecule has 0 aromatic carbocycles. The van der Waals surface area contributed by atoms with E-state index in [1.54, 1.807) is 0 Å². The molecule has 0 aromatic rings. The third kappa shape index (κ3) is 18.0. The third-order valence-electron chi connectivity index (χ3n) is 20.7. The zero-order chi connectivity index (χ0) is 52.8. The van der Waals surface area contributed by atoms with Crippen LogP contribution in [0.4, 0.5) is 0 Å². The highest BCUT2D eigenvalue weighted by Gasteiger charge is 2.52. The monoisotopic (exact) mass is 1010 g/mol. The average Bonchev–Trinajstić information content (AvgIpc) is 3.34. The maximum absolute atomic E-state index is 12.1. The second-order valence-electron chi connectivity index (χ2n) is 28.4. The summed E-state index contributed by atoms with van der Waals surface area (Å²) in [6, 6.07) is 0. The third-order valence-corrected chi connectivity index (χ3v) is 20.7. The molecule has 72 heavy (non-hydrogen) atoms. The lowest BCUT2D eigenvalue weighted by Gasteiger charge is -2.57. The summed E-state index contributed by atoms with van der Waals surface area (Å²) in [7, 11) is 0. The minimum atomic E-state index is -0.319. The first-order chi connectivity index (χ1) is 34.0. The van der Waals surface area contributed by atoms with Crippen LogP contribution in [0.2, 0.25) is 0 Å². The number of hydrogen-bond donors (Lipinski definition) is 0. The Hall–Kier alpha value is -2.12. The van der Waals surface area contributed by atoms with Crippen LogP contribution in [0.25, 0.3) is 0 Å². The topological polar surface area (TPSA) is 105 Å². The minimum Gasteiger partial charge on any atom is -0.465 e. The Labute approximate surface area is 442 Å². The van der Waals surface area contributed by atoms with E-state index in [1.165, 1.54) is 148 Å². The number of esters is 4. The molecule has 0 aliphatic heterocycles. The van der Waals surface area contributed by atoms with Gasteiger partial charge in [0.15, 0.2) is 0 Å². The number of ether oxygens (including phenoxy) is 4. The zero-order valence-electron chi connectivity index (χ0n) is 48.9. The molecule has 0 N–H and O–H groups in total. The summed E-state index contributed by atoms with van der Waals surface area (Å²) >= 11 is 0. The van der Waals surface area contributed by atoms with Gasteiger partial charge in [-0.25, -0.2) is 0 Å². The molecule has 0 saturated heterocycles. The van der Waals surface area contributed by atoms with Crippen LogP contribution < -0.4 is 0 Å². The van der Waals surface area contributed by atoms with E-state index in [9.17, 15) is 19.2 Å². The van der Waals surface area contributed by atoms with Crippen molar-refractivity contribution in [2.45, 2.75) is 276 Å². The Bertz CT molecular complexity index is 1600. The summed E-state index contributed by atoms with van der Waals surface area (Å²) in [5.41, 5.74) is -0.101. The van der Waals surface area contributed by atoms with E-state index in [2.05, 4.69) is 13.8 Å². The van der Waals surface area contributed by atoms with Gasteiger partial charge in [0.25, 0.3) is 0 Å². The molecule has 0 heterocycles. The molecule has 10 fully saturated rings. The van der Waals surface area contributed by atoms with Crippen LogP contribution in [0.3, 0.4) is 0 Å².